The van der Waals surface area contributed by atoms with E-state index in [9.17, 15) is 4.79 Å². The van der Waals surface area contributed by atoms with Crippen molar-refractivity contribution in [3.8, 4) is 0 Å². The summed E-state index contributed by atoms with van der Waals surface area (Å²) >= 11 is 6.15. The molecule has 0 saturated heterocycles. The number of carbonyl (C=O) groups is 1. The Morgan fingerprint density at radius 2 is 1.94 bits per heavy atom. The molecule has 1 amide bonds. The lowest BCUT2D eigenvalue weighted by Gasteiger charge is -2.00. The summed E-state index contributed by atoms with van der Waals surface area (Å²) in [5.41, 5.74) is 11.5. The van der Waals surface area contributed by atoms with Crippen LogP contribution in [0.2, 0.25) is 5.02 Å². The molecule has 2 aromatic rings. The van der Waals surface area contributed by atoms with Gasteiger partial charge in [0.05, 0.1) is 5.02 Å². The molecule has 1 aromatic heterocycles. The summed E-state index contributed by atoms with van der Waals surface area (Å²) in [6.07, 6.45) is 0. The Hall–Kier alpha value is -1.72. The van der Waals surface area contributed by atoms with E-state index in [1.807, 2.05) is 24.3 Å². The first kappa shape index (κ1) is 14.3. The van der Waals surface area contributed by atoms with Crippen molar-refractivity contribution in [1.82, 2.24) is 4.57 Å². The number of para-hydroxylation sites is 1. The lowest BCUT2D eigenvalue weighted by atomic mass is 10.2. The van der Waals surface area contributed by atoms with Gasteiger partial charge in [-0.05, 0) is 6.07 Å². The molecular formula is C11H12Cl2N4O. The number of hydrogen-bond donors (Lipinski definition) is 2. The number of rotatable bonds is 1. The molecule has 0 bridgehead atoms. The molecular weight excluding hydrogens is 275 g/mol. The monoisotopic (exact) mass is 286 g/mol. The van der Waals surface area contributed by atoms with Crippen LogP contribution in [0.5, 0.6) is 0 Å². The van der Waals surface area contributed by atoms with Crippen LogP contribution in [0.3, 0.4) is 0 Å². The Balaban J connectivity index is 0.00000162. The number of hydrogen-bond acceptors (Lipinski definition) is 1. The Bertz CT molecular complexity index is 590. The Morgan fingerprint density at radius 1 is 1.33 bits per heavy atom. The average molecular weight is 287 g/mol. The van der Waals surface area contributed by atoms with Gasteiger partial charge in [0.1, 0.15) is 5.69 Å². The molecule has 0 radical (unpaired) electrons. The maximum absolute atomic E-state index is 11.8. The zero-order valence-electron chi connectivity index (χ0n) is 9.55. The number of nitrogens with two attached hydrogens (primary N) is 2. The fourth-order valence-electron chi connectivity index (χ4n) is 1.75. The number of fused-ring (bicyclic) bond motifs is 1. The van der Waals surface area contributed by atoms with E-state index in [-0.39, 0.29) is 24.1 Å². The summed E-state index contributed by atoms with van der Waals surface area (Å²) in [6, 6.07) is 7.42. The van der Waals surface area contributed by atoms with Gasteiger partial charge in [0.25, 0.3) is 5.91 Å². The number of aromatic nitrogens is 1. The minimum atomic E-state index is -0.547. The number of aryl methyl sites for hydroxylation is 1. The molecule has 96 valence electrons. The van der Waals surface area contributed by atoms with Crippen LogP contribution < -0.4 is 11.5 Å². The van der Waals surface area contributed by atoms with Gasteiger partial charge in [-0.15, -0.1) is 12.4 Å². The topological polar surface area (TPSA) is 86.4 Å². The van der Waals surface area contributed by atoms with Crippen molar-refractivity contribution < 1.29 is 4.79 Å². The maximum Gasteiger partial charge on any atom is 0.298 e. The maximum atomic E-state index is 11.8. The predicted octanol–water partition coefficient (Wildman–Crippen LogP) is 1.67. The van der Waals surface area contributed by atoms with Gasteiger partial charge in [-0.25, -0.2) is 0 Å². The molecule has 2 rings (SSSR count). The normalized spacial score (nSPS) is 9.89. The molecule has 0 unspecified atom stereocenters. The van der Waals surface area contributed by atoms with Gasteiger partial charge in [-0.1, -0.05) is 29.8 Å². The summed E-state index contributed by atoms with van der Waals surface area (Å²) in [5.74, 6) is -0.829. The van der Waals surface area contributed by atoms with Crippen molar-refractivity contribution in [1.29, 1.82) is 0 Å². The highest BCUT2D eigenvalue weighted by Gasteiger charge is 2.19. The summed E-state index contributed by atoms with van der Waals surface area (Å²) in [5, 5.41) is 1.16. The Kier molecular flexibility index (Phi) is 4.21. The van der Waals surface area contributed by atoms with Crippen LogP contribution in [0, 0.1) is 0 Å². The molecule has 0 aliphatic rings. The van der Waals surface area contributed by atoms with Gasteiger partial charge in [0.15, 0.2) is 5.96 Å². The first-order chi connectivity index (χ1) is 8.02. The minimum Gasteiger partial charge on any atom is -0.370 e. The summed E-state index contributed by atoms with van der Waals surface area (Å²) in [6.45, 7) is 0. The highest BCUT2D eigenvalue weighted by atomic mass is 35.5. The fourth-order valence-corrected chi connectivity index (χ4v) is 2.12. The van der Waals surface area contributed by atoms with Crippen LogP contribution >= 0.6 is 24.0 Å². The molecule has 0 aliphatic carbocycles. The smallest absolute Gasteiger partial charge is 0.298 e. The molecule has 0 fully saturated rings. The van der Waals surface area contributed by atoms with Gasteiger partial charge >= 0.3 is 0 Å². The second kappa shape index (κ2) is 5.29. The number of carbonyl (C=O) groups excluding carboxylic acids is 1. The van der Waals surface area contributed by atoms with Gasteiger partial charge in [0.2, 0.25) is 0 Å². The van der Waals surface area contributed by atoms with E-state index in [1.54, 1.807) is 11.6 Å². The molecule has 0 aliphatic heterocycles. The van der Waals surface area contributed by atoms with E-state index in [0.29, 0.717) is 5.02 Å². The molecule has 18 heavy (non-hydrogen) atoms. The van der Waals surface area contributed by atoms with Gasteiger partial charge in [-0.2, -0.15) is 4.99 Å². The van der Waals surface area contributed by atoms with Crippen LogP contribution in [-0.4, -0.2) is 16.4 Å². The molecule has 1 heterocycles. The largest absolute Gasteiger partial charge is 0.370 e. The Labute approximate surface area is 115 Å². The number of guanidine groups is 1. The highest BCUT2D eigenvalue weighted by Crippen LogP contribution is 2.30. The third-order valence-electron chi connectivity index (χ3n) is 2.48. The van der Waals surface area contributed by atoms with Crippen LogP contribution in [0.15, 0.2) is 29.3 Å². The number of aliphatic imine (C=N–C) groups is 1. The second-order valence-electron chi connectivity index (χ2n) is 3.58. The van der Waals surface area contributed by atoms with E-state index in [2.05, 4.69) is 4.99 Å². The quantitative estimate of drug-likeness (QED) is 0.618. The minimum absolute atomic E-state index is 0. The molecule has 0 spiro atoms. The fraction of sp³-hybridized carbons (Fsp3) is 0.0909. The second-order valence-corrected chi connectivity index (χ2v) is 3.96. The van der Waals surface area contributed by atoms with E-state index >= 15 is 0 Å². The van der Waals surface area contributed by atoms with Gasteiger partial charge < -0.3 is 16.0 Å². The van der Waals surface area contributed by atoms with E-state index < -0.39 is 5.91 Å². The Morgan fingerprint density at radius 3 is 2.50 bits per heavy atom. The first-order valence-electron chi connectivity index (χ1n) is 4.89. The van der Waals surface area contributed by atoms with Crippen LogP contribution in [-0.2, 0) is 7.05 Å². The van der Waals surface area contributed by atoms with Crippen molar-refractivity contribution in [2.24, 2.45) is 23.5 Å². The number of halogens is 2. The van der Waals surface area contributed by atoms with Crippen LogP contribution in [0.4, 0.5) is 0 Å². The van der Waals surface area contributed by atoms with E-state index in [4.69, 9.17) is 23.1 Å². The SMILES string of the molecule is Cl.Cn1c(C(=O)N=C(N)N)c(Cl)c2ccccc21. The summed E-state index contributed by atoms with van der Waals surface area (Å²) < 4.78 is 1.67. The van der Waals surface area contributed by atoms with E-state index in [0.717, 1.165) is 10.9 Å². The highest BCUT2D eigenvalue weighted by molar-refractivity contribution is 6.39. The first-order valence-corrected chi connectivity index (χ1v) is 5.27. The van der Waals surface area contributed by atoms with Crippen molar-refractivity contribution >= 4 is 46.8 Å². The summed E-state index contributed by atoms with van der Waals surface area (Å²) in [4.78, 5) is 15.3. The lowest BCUT2D eigenvalue weighted by molar-refractivity contribution is 0.0995. The third-order valence-corrected chi connectivity index (χ3v) is 2.86. The number of nitrogens with zero attached hydrogens (tertiary/aromatic N) is 2. The molecule has 4 N–H and O–H groups in total. The molecule has 0 saturated carbocycles. The molecule has 1 aromatic carbocycles. The zero-order chi connectivity index (χ0) is 12.6. The summed E-state index contributed by atoms with van der Waals surface area (Å²) in [7, 11) is 1.74. The molecule has 0 atom stereocenters. The standard InChI is InChI=1S/C11H11ClN4O.ClH/c1-16-7-5-3-2-4-6(7)8(12)9(16)10(17)15-11(13)14;/h2-5H,1H3,(H4,13,14,15,17);1H. The van der Waals surface area contributed by atoms with Gasteiger partial charge in [-0.3, -0.25) is 4.79 Å². The van der Waals surface area contributed by atoms with Crippen molar-refractivity contribution in [2.75, 3.05) is 0 Å². The number of benzene rings is 1. The predicted molar refractivity (Wildman–Crippen MR) is 75.3 cm³/mol. The van der Waals surface area contributed by atoms with E-state index in [1.165, 1.54) is 0 Å². The molecule has 5 nitrogen and oxygen atoms in total. The van der Waals surface area contributed by atoms with Crippen LogP contribution in [0.1, 0.15) is 10.5 Å². The molecule has 7 heteroatoms. The third kappa shape index (κ3) is 2.27. The number of amides is 1. The van der Waals surface area contributed by atoms with Crippen molar-refractivity contribution in [3.05, 3.63) is 35.0 Å². The van der Waals surface area contributed by atoms with Crippen molar-refractivity contribution in [2.45, 2.75) is 0 Å². The van der Waals surface area contributed by atoms with Crippen LogP contribution in [0.25, 0.3) is 10.9 Å². The van der Waals surface area contributed by atoms with Crippen molar-refractivity contribution in [3.63, 3.8) is 0 Å². The zero-order valence-corrected chi connectivity index (χ0v) is 11.1. The average Bonchev–Trinajstić information content (AvgIpc) is 2.51. The lowest BCUT2D eigenvalue weighted by Crippen LogP contribution is -2.24. The van der Waals surface area contributed by atoms with Gasteiger partial charge in [0, 0.05) is 18.0 Å².